The van der Waals surface area contributed by atoms with Gasteiger partial charge in [0.15, 0.2) is 6.04 Å². The Morgan fingerprint density at radius 1 is 1.11 bits per heavy atom. The van der Waals surface area contributed by atoms with Gasteiger partial charge in [-0.25, -0.2) is 4.79 Å². The van der Waals surface area contributed by atoms with Gasteiger partial charge in [-0.05, 0) is 42.8 Å². The minimum Gasteiger partial charge on any atom is -0.497 e. The molecule has 1 unspecified atom stereocenters. The fourth-order valence-corrected chi connectivity index (χ4v) is 2.46. The monoisotopic (exact) mass is 370 g/mol. The van der Waals surface area contributed by atoms with Crippen LogP contribution in [0, 0.1) is 0 Å². The lowest BCUT2D eigenvalue weighted by molar-refractivity contribution is -0.139. The van der Waals surface area contributed by atoms with Crippen molar-refractivity contribution >= 4 is 17.8 Å². The Hall–Kier alpha value is -3.35. The van der Waals surface area contributed by atoms with E-state index in [4.69, 9.17) is 4.74 Å². The summed E-state index contributed by atoms with van der Waals surface area (Å²) in [6.07, 6.45) is 0. The Bertz CT molecular complexity index is 833. The van der Waals surface area contributed by atoms with Crippen LogP contribution in [-0.2, 0) is 4.79 Å². The van der Waals surface area contributed by atoms with E-state index in [1.165, 1.54) is 24.1 Å². The Morgan fingerprint density at radius 2 is 1.74 bits per heavy atom. The summed E-state index contributed by atoms with van der Waals surface area (Å²) >= 11 is 0. The number of benzene rings is 2. The molecule has 0 bridgehead atoms. The van der Waals surface area contributed by atoms with E-state index in [0.717, 1.165) is 0 Å². The van der Waals surface area contributed by atoms with Crippen molar-refractivity contribution in [2.24, 2.45) is 0 Å². The van der Waals surface area contributed by atoms with Gasteiger partial charge in [-0.1, -0.05) is 18.2 Å². The summed E-state index contributed by atoms with van der Waals surface area (Å²) in [5.74, 6) is -1.39. The van der Waals surface area contributed by atoms with E-state index in [-0.39, 0.29) is 11.5 Å². The van der Waals surface area contributed by atoms with Crippen molar-refractivity contribution in [3.05, 3.63) is 65.2 Å². The van der Waals surface area contributed by atoms with E-state index in [0.29, 0.717) is 23.4 Å². The molecule has 0 fully saturated rings. The summed E-state index contributed by atoms with van der Waals surface area (Å²) in [5.41, 5.74) is 0.989. The zero-order valence-corrected chi connectivity index (χ0v) is 15.4. The molecule has 0 aliphatic heterocycles. The van der Waals surface area contributed by atoms with Gasteiger partial charge in [0.1, 0.15) is 5.75 Å². The van der Waals surface area contributed by atoms with Gasteiger partial charge >= 0.3 is 5.97 Å². The van der Waals surface area contributed by atoms with Gasteiger partial charge in [-0.3, -0.25) is 9.59 Å². The normalized spacial score (nSPS) is 11.4. The van der Waals surface area contributed by atoms with Gasteiger partial charge in [-0.15, -0.1) is 0 Å². The molecular formula is C20H22N2O5. The lowest BCUT2D eigenvalue weighted by Gasteiger charge is -2.17. The lowest BCUT2D eigenvalue weighted by Crippen LogP contribution is -2.34. The van der Waals surface area contributed by atoms with E-state index < -0.39 is 17.9 Å². The van der Waals surface area contributed by atoms with Crippen LogP contribution >= 0.6 is 0 Å². The molecule has 0 aromatic heterocycles. The molecule has 1 atom stereocenters. The summed E-state index contributed by atoms with van der Waals surface area (Å²) in [6.45, 7) is 2.38. The van der Waals surface area contributed by atoms with E-state index >= 15 is 0 Å². The summed E-state index contributed by atoms with van der Waals surface area (Å²) in [6, 6.07) is 11.4. The molecule has 0 spiro atoms. The molecule has 7 nitrogen and oxygen atoms in total. The predicted molar refractivity (Wildman–Crippen MR) is 99.9 cm³/mol. The van der Waals surface area contributed by atoms with Crippen molar-refractivity contribution in [3.63, 3.8) is 0 Å². The molecule has 27 heavy (non-hydrogen) atoms. The Kier molecular flexibility index (Phi) is 6.54. The molecule has 0 heterocycles. The van der Waals surface area contributed by atoms with Crippen LogP contribution in [0.4, 0.5) is 0 Å². The molecule has 2 rings (SSSR count). The van der Waals surface area contributed by atoms with E-state index in [9.17, 15) is 19.5 Å². The molecule has 2 N–H and O–H groups in total. The fourth-order valence-electron chi connectivity index (χ4n) is 2.46. The number of nitrogens with one attached hydrogen (secondary N) is 1. The van der Waals surface area contributed by atoms with Crippen LogP contribution in [-0.4, -0.2) is 48.5 Å². The first-order valence-electron chi connectivity index (χ1n) is 8.40. The first kappa shape index (κ1) is 20.0. The molecule has 0 saturated carbocycles. The number of carboxylic acid groups (broad SMARTS) is 1. The number of rotatable bonds is 7. The second-order valence-electron chi connectivity index (χ2n) is 5.92. The third-order valence-corrected chi connectivity index (χ3v) is 4.16. The van der Waals surface area contributed by atoms with Gasteiger partial charge in [0.25, 0.3) is 11.8 Å². The zero-order chi connectivity index (χ0) is 20.0. The molecule has 142 valence electrons. The molecule has 2 aromatic carbocycles. The van der Waals surface area contributed by atoms with E-state index in [1.807, 2.05) is 6.92 Å². The fraction of sp³-hybridized carbons (Fsp3) is 0.250. The molecule has 2 amide bonds. The Balaban J connectivity index is 2.22. The smallest absolute Gasteiger partial charge is 0.330 e. The SMILES string of the molecule is CCN(C)C(=O)c1cccc(C(=O)NC(C(=O)O)c2ccc(OC)cc2)c1. The maximum Gasteiger partial charge on any atom is 0.330 e. The highest BCUT2D eigenvalue weighted by atomic mass is 16.5. The number of nitrogens with zero attached hydrogens (tertiary/aromatic N) is 1. The number of methoxy groups -OCH3 is 1. The van der Waals surface area contributed by atoms with Crippen molar-refractivity contribution in [1.29, 1.82) is 0 Å². The van der Waals surface area contributed by atoms with Gasteiger partial charge in [0.05, 0.1) is 7.11 Å². The topological polar surface area (TPSA) is 95.9 Å². The van der Waals surface area contributed by atoms with Gasteiger partial charge in [-0.2, -0.15) is 0 Å². The summed E-state index contributed by atoms with van der Waals surface area (Å²) in [7, 11) is 3.18. The van der Waals surface area contributed by atoms with Crippen LogP contribution in [0.1, 0.15) is 39.2 Å². The van der Waals surface area contributed by atoms with Crippen molar-refractivity contribution in [3.8, 4) is 5.75 Å². The number of carbonyl (C=O) groups is 3. The average Bonchev–Trinajstić information content (AvgIpc) is 2.70. The second-order valence-corrected chi connectivity index (χ2v) is 5.92. The maximum absolute atomic E-state index is 12.5. The van der Waals surface area contributed by atoms with Crippen molar-refractivity contribution in [1.82, 2.24) is 10.2 Å². The molecule has 0 aliphatic carbocycles. The lowest BCUT2D eigenvalue weighted by atomic mass is 10.0. The highest BCUT2D eigenvalue weighted by Crippen LogP contribution is 2.19. The molecule has 0 aliphatic rings. The third-order valence-electron chi connectivity index (χ3n) is 4.16. The van der Waals surface area contributed by atoms with Crippen molar-refractivity contribution in [2.45, 2.75) is 13.0 Å². The maximum atomic E-state index is 12.5. The molecule has 0 radical (unpaired) electrons. The minimum absolute atomic E-state index is 0.211. The van der Waals surface area contributed by atoms with Crippen LogP contribution in [0.2, 0.25) is 0 Å². The van der Waals surface area contributed by atoms with E-state index in [2.05, 4.69) is 5.32 Å². The minimum atomic E-state index is -1.22. The predicted octanol–water partition coefficient (Wildman–Crippen LogP) is 2.34. The summed E-state index contributed by atoms with van der Waals surface area (Å²) in [5, 5.41) is 12.0. The third kappa shape index (κ3) is 4.84. The van der Waals surface area contributed by atoms with Crippen molar-refractivity contribution in [2.75, 3.05) is 20.7 Å². The molecule has 7 heteroatoms. The van der Waals surface area contributed by atoms with E-state index in [1.54, 1.807) is 43.4 Å². The number of amides is 2. The standard InChI is InChI=1S/C20H22N2O5/c1-4-22(2)19(24)15-7-5-6-14(12-15)18(23)21-17(20(25)26)13-8-10-16(27-3)11-9-13/h5-12,17H,4H2,1-3H3,(H,21,23)(H,25,26). The first-order chi connectivity index (χ1) is 12.9. The summed E-state index contributed by atoms with van der Waals surface area (Å²) in [4.78, 5) is 37.9. The largest absolute Gasteiger partial charge is 0.497 e. The average molecular weight is 370 g/mol. The van der Waals surface area contributed by atoms with Crippen LogP contribution in [0.15, 0.2) is 48.5 Å². The quantitative estimate of drug-likeness (QED) is 0.780. The Labute approximate surface area is 157 Å². The second kappa shape index (κ2) is 8.84. The van der Waals surface area contributed by atoms with Gasteiger partial charge in [0.2, 0.25) is 0 Å². The first-order valence-corrected chi connectivity index (χ1v) is 8.40. The highest BCUT2D eigenvalue weighted by molar-refractivity contribution is 6.00. The molecule has 0 saturated heterocycles. The number of aliphatic carboxylic acids is 1. The summed E-state index contributed by atoms with van der Waals surface area (Å²) < 4.78 is 5.05. The number of ether oxygens (including phenoxy) is 1. The van der Waals surface area contributed by atoms with Crippen molar-refractivity contribution < 1.29 is 24.2 Å². The van der Waals surface area contributed by atoms with Gasteiger partial charge in [0, 0.05) is 24.7 Å². The number of hydrogen-bond donors (Lipinski definition) is 2. The van der Waals surface area contributed by atoms with Crippen LogP contribution in [0.25, 0.3) is 0 Å². The van der Waals surface area contributed by atoms with Gasteiger partial charge < -0.3 is 20.1 Å². The zero-order valence-electron chi connectivity index (χ0n) is 15.4. The Morgan fingerprint density at radius 3 is 2.30 bits per heavy atom. The highest BCUT2D eigenvalue weighted by Gasteiger charge is 2.23. The number of carbonyl (C=O) groups excluding carboxylic acids is 2. The molecule has 2 aromatic rings. The number of carboxylic acids is 1. The number of hydrogen-bond acceptors (Lipinski definition) is 4. The van der Waals surface area contributed by atoms with Crippen LogP contribution in [0.3, 0.4) is 0 Å². The van der Waals surface area contributed by atoms with Crippen LogP contribution < -0.4 is 10.1 Å². The van der Waals surface area contributed by atoms with Crippen LogP contribution in [0.5, 0.6) is 5.75 Å². The molecular weight excluding hydrogens is 348 g/mol.